The Kier molecular flexibility index (Phi) is 10.5. The number of hydrogen-bond donors (Lipinski definition) is 0. The Bertz CT molecular complexity index is 507. The Labute approximate surface area is 170 Å². The van der Waals surface area contributed by atoms with Crippen LogP contribution in [0.1, 0.15) is 133 Å². The molecule has 27 heavy (non-hydrogen) atoms. The van der Waals surface area contributed by atoms with Crippen molar-refractivity contribution in [2.24, 2.45) is 0 Å². The average molecular weight is 371 g/mol. The fraction of sp³-hybridized carbons (Fsp3) is 0.778. The zero-order valence-corrected chi connectivity index (χ0v) is 18.8. The zero-order valence-electron chi connectivity index (χ0n) is 18.8. The van der Waals surface area contributed by atoms with E-state index in [0.29, 0.717) is 5.41 Å². The summed E-state index contributed by atoms with van der Waals surface area (Å²) in [4.78, 5) is 0. The first-order valence-electron chi connectivity index (χ1n) is 12.3. The monoisotopic (exact) mass is 370 g/mol. The van der Waals surface area contributed by atoms with E-state index in [2.05, 4.69) is 39.0 Å². The van der Waals surface area contributed by atoms with Crippen LogP contribution in [-0.2, 0) is 11.8 Å². The molecule has 0 radical (unpaired) electrons. The fourth-order valence-corrected chi connectivity index (χ4v) is 5.20. The lowest BCUT2D eigenvalue weighted by molar-refractivity contribution is 0.265. The normalized spacial score (nSPS) is 16.6. The van der Waals surface area contributed by atoms with E-state index < -0.39 is 0 Å². The van der Waals surface area contributed by atoms with Gasteiger partial charge in [-0.1, -0.05) is 109 Å². The third-order valence-electron chi connectivity index (χ3n) is 7.07. The van der Waals surface area contributed by atoms with Gasteiger partial charge < -0.3 is 0 Å². The van der Waals surface area contributed by atoms with E-state index in [1.807, 2.05) is 0 Å². The van der Waals surface area contributed by atoms with Crippen LogP contribution in [0.3, 0.4) is 0 Å². The maximum Gasteiger partial charge on any atom is -0.00469 e. The first kappa shape index (κ1) is 22.5. The van der Waals surface area contributed by atoms with Gasteiger partial charge >= 0.3 is 0 Å². The second-order valence-corrected chi connectivity index (χ2v) is 9.31. The van der Waals surface area contributed by atoms with Crippen LogP contribution in [-0.4, -0.2) is 0 Å². The number of aryl methyl sites for hydroxylation is 2. The summed E-state index contributed by atoms with van der Waals surface area (Å²) < 4.78 is 0. The maximum atomic E-state index is 2.58. The average Bonchev–Trinajstić information content (AvgIpc) is 2.69. The molecule has 1 aliphatic carbocycles. The second kappa shape index (κ2) is 12.6. The Morgan fingerprint density at radius 1 is 0.741 bits per heavy atom. The summed E-state index contributed by atoms with van der Waals surface area (Å²) in [6.07, 6.45) is 23.9. The van der Waals surface area contributed by atoms with Crippen LogP contribution in [0.15, 0.2) is 18.2 Å². The van der Waals surface area contributed by atoms with Crippen molar-refractivity contribution in [3.8, 4) is 0 Å². The van der Waals surface area contributed by atoms with Crippen LogP contribution in [0, 0.1) is 6.92 Å². The summed E-state index contributed by atoms with van der Waals surface area (Å²) in [5, 5.41) is 0. The molecule has 2 rings (SSSR count). The van der Waals surface area contributed by atoms with Crippen molar-refractivity contribution in [2.45, 2.75) is 135 Å². The van der Waals surface area contributed by atoms with E-state index >= 15 is 0 Å². The molecule has 0 heteroatoms. The smallest absolute Gasteiger partial charge is 0.00469 e. The van der Waals surface area contributed by atoms with E-state index in [0.717, 1.165) is 0 Å². The predicted molar refractivity (Wildman–Crippen MR) is 122 cm³/mol. The van der Waals surface area contributed by atoms with E-state index in [1.165, 1.54) is 109 Å². The van der Waals surface area contributed by atoms with Crippen LogP contribution < -0.4 is 0 Å². The minimum Gasteiger partial charge on any atom is -0.0654 e. The summed E-state index contributed by atoms with van der Waals surface area (Å²) in [7, 11) is 0. The molecule has 0 spiro atoms. The van der Waals surface area contributed by atoms with Crippen LogP contribution in [0.2, 0.25) is 0 Å². The molecule has 1 saturated carbocycles. The molecular weight excluding hydrogens is 324 g/mol. The highest BCUT2D eigenvalue weighted by Crippen LogP contribution is 2.44. The van der Waals surface area contributed by atoms with E-state index in [4.69, 9.17) is 0 Å². The fourth-order valence-electron chi connectivity index (χ4n) is 5.20. The number of rotatable bonds is 13. The van der Waals surface area contributed by atoms with Gasteiger partial charge in [-0.05, 0) is 61.1 Å². The lowest BCUT2D eigenvalue weighted by Crippen LogP contribution is -2.29. The van der Waals surface area contributed by atoms with Gasteiger partial charge in [0.1, 0.15) is 0 Å². The molecule has 0 aliphatic heterocycles. The van der Waals surface area contributed by atoms with E-state index in [-0.39, 0.29) is 0 Å². The molecule has 1 aromatic carbocycles. The van der Waals surface area contributed by atoms with E-state index in [9.17, 15) is 0 Å². The van der Waals surface area contributed by atoms with Gasteiger partial charge in [-0.2, -0.15) is 0 Å². The van der Waals surface area contributed by atoms with Gasteiger partial charge in [-0.15, -0.1) is 0 Å². The second-order valence-electron chi connectivity index (χ2n) is 9.31. The molecular formula is C27H46. The Morgan fingerprint density at radius 2 is 1.37 bits per heavy atom. The van der Waals surface area contributed by atoms with Crippen LogP contribution in [0.5, 0.6) is 0 Å². The molecule has 0 atom stereocenters. The molecule has 0 nitrogen and oxygen atoms in total. The number of unbranched alkanes of at least 4 members (excludes halogenated alkanes) is 8. The maximum absolute atomic E-state index is 2.58. The molecule has 0 aromatic heterocycles. The van der Waals surface area contributed by atoms with Gasteiger partial charge in [0.25, 0.3) is 0 Å². The Hall–Kier alpha value is -0.780. The van der Waals surface area contributed by atoms with Gasteiger partial charge in [0.05, 0.1) is 0 Å². The molecule has 0 amide bonds. The molecule has 0 bridgehead atoms. The molecule has 0 N–H and O–H groups in total. The number of hydrogen-bond acceptors (Lipinski definition) is 0. The molecule has 154 valence electrons. The topological polar surface area (TPSA) is 0 Å². The zero-order chi connectivity index (χ0) is 19.4. The van der Waals surface area contributed by atoms with Crippen molar-refractivity contribution in [3.05, 3.63) is 34.9 Å². The van der Waals surface area contributed by atoms with Gasteiger partial charge in [0, 0.05) is 0 Å². The summed E-state index contributed by atoms with van der Waals surface area (Å²) >= 11 is 0. The first-order valence-corrected chi connectivity index (χ1v) is 12.3. The van der Waals surface area contributed by atoms with Crippen molar-refractivity contribution in [2.75, 3.05) is 0 Å². The van der Waals surface area contributed by atoms with Gasteiger partial charge in [-0.3, -0.25) is 0 Å². The molecule has 1 fully saturated rings. The highest BCUT2D eigenvalue weighted by atomic mass is 14.4. The van der Waals surface area contributed by atoms with Gasteiger partial charge in [0.2, 0.25) is 0 Å². The Balaban J connectivity index is 1.95. The SMILES string of the molecule is CCCCCCCCCC1(c2ccc(CCCCC)c(C)c2)CCCCC1. The van der Waals surface area contributed by atoms with Crippen molar-refractivity contribution < 1.29 is 0 Å². The van der Waals surface area contributed by atoms with Gasteiger partial charge in [0.15, 0.2) is 0 Å². The van der Waals surface area contributed by atoms with Crippen molar-refractivity contribution in [1.82, 2.24) is 0 Å². The van der Waals surface area contributed by atoms with Crippen molar-refractivity contribution in [1.29, 1.82) is 0 Å². The molecule has 1 aromatic rings. The summed E-state index contributed by atoms with van der Waals surface area (Å²) in [5.74, 6) is 0. The highest BCUT2D eigenvalue weighted by Gasteiger charge is 2.33. The van der Waals surface area contributed by atoms with Crippen molar-refractivity contribution >= 4 is 0 Å². The van der Waals surface area contributed by atoms with Crippen LogP contribution in [0.4, 0.5) is 0 Å². The van der Waals surface area contributed by atoms with Crippen LogP contribution >= 0.6 is 0 Å². The van der Waals surface area contributed by atoms with Gasteiger partial charge in [-0.25, -0.2) is 0 Å². The standard InChI is InChI=1S/C27H46/c1-4-6-8-9-10-11-14-20-27(21-15-12-16-22-27)26-19-18-25(24(3)23-26)17-13-7-5-2/h18-19,23H,4-17,20-22H2,1-3H3. The van der Waals surface area contributed by atoms with Crippen molar-refractivity contribution in [3.63, 3.8) is 0 Å². The largest absolute Gasteiger partial charge is 0.0654 e. The lowest BCUT2D eigenvalue weighted by atomic mass is 9.66. The number of benzene rings is 1. The summed E-state index contributed by atoms with van der Waals surface area (Å²) in [6.45, 7) is 6.96. The summed E-state index contributed by atoms with van der Waals surface area (Å²) in [5.41, 5.74) is 5.31. The Morgan fingerprint density at radius 3 is 2.04 bits per heavy atom. The molecule has 0 saturated heterocycles. The van der Waals surface area contributed by atoms with E-state index in [1.54, 1.807) is 16.7 Å². The molecule has 1 aliphatic rings. The summed E-state index contributed by atoms with van der Waals surface area (Å²) in [6, 6.07) is 7.57. The highest BCUT2D eigenvalue weighted by molar-refractivity contribution is 5.36. The molecule has 0 unspecified atom stereocenters. The van der Waals surface area contributed by atoms with Crippen LogP contribution in [0.25, 0.3) is 0 Å². The first-order chi connectivity index (χ1) is 13.2. The third-order valence-corrected chi connectivity index (χ3v) is 7.07. The minimum atomic E-state index is 0.494. The quantitative estimate of drug-likeness (QED) is 0.304. The molecule has 0 heterocycles. The lowest BCUT2D eigenvalue weighted by Gasteiger charge is -2.38. The predicted octanol–water partition coefficient (Wildman–Crippen LogP) is 9.07. The minimum absolute atomic E-state index is 0.494. The third kappa shape index (κ3) is 7.28.